The fourth-order valence-electron chi connectivity index (χ4n) is 2.19. The number of alkyl halides is 3. The Morgan fingerprint density at radius 2 is 1.75 bits per heavy atom. The number of rotatable bonds is 1. The Labute approximate surface area is 114 Å². The predicted octanol–water partition coefficient (Wildman–Crippen LogP) is 4.08. The van der Waals surface area contributed by atoms with Crippen molar-refractivity contribution >= 4 is 16.3 Å². The second-order valence-corrected chi connectivity index (χ2v) is 4.62. The second-order valence-electron chi connectivity index (χ2n) is 4.62. The van der Waals surface area contributed by atoms with Crippen LogP contribution in [0.25, 0.3) is 16.3 Å². The highest BCUT2D eigenvalue weighted by Gasteiger charge is 2.34. The highest BCUT2D eigenvalue weighted by atomic mass is 19.4. The van der Waals surface area contributed by atoms with Crippen LogP contribution in [0, 0.1) is 6.20 Å². The van der Waals surface area contributed by atoms with E-state index in [-0.39, 0.29) is 6.54 Å². The fraction of sp³-hybridized carbons (Fsp3) is 0.125. The standard InChI is InChI=1S/C16H11F3N/c17-16(18,19)15-8-14(9-20-10-15)13-6-5-11-3-1-2-4-12(11)7-13/h1-8,20H,10H2. The molecule has 0 bridgehead atoms. The number of nitrogens with one attached hydrogen (secondary N) is 1. The van der Waals surface area contributed by atoms with Gasteiger partial charge in [-0.1, -0.05) is 36.4 Å². The molecule has 0 fully saturated rings. The van der Waals surface area contributed by atoms with Gasteiger partial charge in [-0.05, 0) is 28.5 Å². The molecule has 1 N–H and O–H groups in total. The van der Waals surface area contributed by atoms with Crippen LogP contribution in [0.3, 0.4) is 0 Å². The van der Waals surface area contributed by atoms with Crippen molar-refractivity contribution in [1.29, 1.82) is 0 Å². The van der Waals surface area contributed by atoms with Gasteiger partial charge in [0.05, 0.1) is 11.8 Å². The van der Waals surface area contributed by atoms with Gasteiger partial charge in [0.15, 0.2) is 0 Å². The van der Waals surface area contributed by atoms with Crippen LogP contribution >= 0.6 is 0 Å². The Balaban J connectivity index is 2.03. The van der Waals surface area contributed by atoms with Gasteiger partial charge in [-0.25, -0.2) is 0 Å². The molecule has 1 radical (unpaired) electrons. The molecule has 0 spiro atoms. The highest BCUT2D eigenvalue weighted by molar-refractivity contribution is 5.87. The van der Waals surface area contributed by atoms with Gasteiger partial charge >= 0.3 is 6.18 Å². The summed E-state index contributed by atoms with van der Waals surface area (Å²) in [4.78, 5) is 0. The molecule has 1 nitrogen and oxygen atoms in total. The normalized spacial score (nSPS) is 15.6. The lowest BCUT2D eigenvalue weighted by Gasteiger charge is -2.17. The molecule has 1 aliphatic heterocycles. The first-order valence-corrected chi connectivity index (χ1v) is 6.17. The molecule has 1 aliphatic rings. The van der Waals surface area contributed by atoms with Crippen molar-refractivity contribution in [1.82, 2.24) is 5.32 Å². The molecule has 0 saturated carbocycles. The molecule has 4 heteroatoms. The van der Waals surface area contributed by atoms with Gasteiger partial charge in [-0.15, -0.1) is 0 Å². The maximum absolute atomic E-state index is 12.7. The molecular formula is C16H11F3N. The zero-order valence-corrected chi connectivity index (χ0v) is 10.5. The molecule has 0 unspecified atom stereocenters. The minimum Gasteiger partial charge on any atom is -0.379 e. The van der Waals surface area contributed by atoms with E-state index in [9.17, 15) is 13.2 Å². The molecule has 3 rings (SSSR count). The zero-order chi connectivity index (χ0) is 14.2. The van der Waals surface area contributed by atoms with Crippen LogP contribution in [0.4, 0.5) is 13.2 Å². The largest absolute Gasteiger partial charge is 0.414 e. The lowest BCUT2D eigenvalue weighted by Crippen LogP contribution is -2.25. The lowest BCUT2D eigenvalue weighted by atomic mass is 9.98. The Morgan fingerprint density at radius 3 is 2.50 bits per heavy atom. The first-order chi connectivity index (χ1) is 9.54. The summed E-state index contributed by atoms with van der Waals surface area (Å²) in [6, 6.07) is 13.3. The molecule has 20 heavy (non-hydrogen) atoms. The van der Waals surface area contributed by atoms with Gasteiger partial charge in [-0.2, -0.15) is 13.2 Å². The van der Waals surface area contributed by atoms with Crippen molar-refractivity contribution < 1.29 is 13.2 Å². The van der Waals surface area contributed by atoms with Crippen molar-refractivity contribution in [2.75, 3.05) is 6.54 Å². The van der Waals surface area contributed by atoms with Crippen LogP contribution in [0.15, 0.2) is 54.1 Å². The van der Waals surface area contributed by atoms with E-state index < -0.39 is 11.7 Å². The minimum atomic E-state index is -4.31. The molecule has 0 atom stereocenters. The Morgan fingerprint density at radius 1 is 1.00 bits per heavy atom. The summed E-state index contributed by atoms with van der Waals surface area (Å²) in [5.41, 5.74) is 0.561. The molecule has 2 aromatic rings. The van der Waals surface area contributed by atoms with E-state index in [0.29, 0.717) is 5.57 Å². The van der Waals surface area contributed by atoms with Gasteiger partial charge in [0.1, 0.15) is 0 Å². The number of benzene rings is 2. The van der Waals surface area contributed by atoms with Crippen molar-refractivity contribution in [2.24, 2.45) is 0 Å². The highest BCUT2D eigenvalue weighted by Crippen LogP contribution is 2.31. The van der Waals surface area contributed by atoms with Gasteiger partial charge < -0.3 is 5.32 Å². The molecule has 101 valence electrons. The van der Waals surface area contributed by atoms with E-state index in [1.807, 2.05) is 42.5 Å². The topological polar surface area (TPSA) is 12.0 Å². The van der Waals surface area contributed by atoms with Crippen LogP contribution in [0.2, 0.25) is 0 Å². The summed E-state index contributed by atoms with van der Waals surface area (Å²) in [5.74, 6) is 0. The summed E-state index contributed by atoms with van der Waals surface area (Å²) in [7, 11) is 0. The Bertz CT molecular complexity index is 711. The molecule has 0 aliphatic carbocycles. The lowest BCUT2D eigenvalue weighted by molar-refractivity contribution is -0.0928. The number of halogens is 3. The van der Waals surface area contributed by atoms with Gasteiger partial charge in [-0.3, -0.25) is 0 Å². The Hall–Kier alpha value is -2.23. The molecule has 1 heterocycles. The number of fused-ring (bicyclic) bond motifs is 1. The predicted molar refractivity (Wildman–Crippen MR) is 72.7 cm³/mol. The van der Waals surface area contributed by atoms with Gasteiger partial charge in [0, 0.05) is 12.1 Å². The number of hydrogen-bond donors (Lipinski definition) is 1. The van der Waals surface area contributed by atoms with Crippen LogP contribution in [0.1, 0.15) is 5.56 Å². The average Bonchev–Trinajstić information content (AvgIpc) is 2.46. The van der Waals surface area contributed by atoms with Crippen molar-refractivity contribution in [3.63, 3.8) is 0 Å². The maximum atomic E-state index is 12.7. The van der Waals surface area contributed by atoms with Crippen LogP contribution in [-0.2, 0) is 0 Å². The summed E-state index contributed by atoms with van der Waals surface area (Å²) < 4.78 is 38.2. The number of dihydropyridines is 1. The first-order valence-electron chi connectivity index (χ1n) is 6.17. The second kappa shape index (κ2) is 4.71. The number of allylic oxidation sites excluding steroid dienone is 2. The SMILES string of the molecule is FC(F)(F)C1=CC(c2ccc3ccccc3c2)=[C]NC1. The fourth-order valence-corrected chi connectivity index (χ4v) is 2.19. The Kier molecular flexibility index (Phi) is 3.01. The third kappa shape index (κ3) is 2.41. The third-order valence-corrected chi connectivity index (χ3v) is 3.25. The van der Waals surface area contributed by atoms with Crippen molar-refractivity contribution in [3.8, 4) is 0 Å². The van der Waals surface area contributed by atoms with Crippen LogP contribution < -0.4 is 5.32 Å². The summed E-state index contributed by atoms with van der Waals surface area (Å²) >= 11 is 0. The monoisotopic (exact) mass is 274 g/mol. The first kappa shape index (κ1) is 12.8. The van der Waals surface area contributed by atoms with E-state index in [1.54, 1.807) is 0 Å². The van der Waals surface area contributed by atoms with Gasteiger partial charge in [0.2, 0.25) is 0 Å². The molecule has 2 aromatic carbocycles. The van der Waals surface area contributed by atoms with Crippen LogP contribution in [0.5, 0.6) is 0 Å². The molecule has 0 aromatic heterocycles. The molecule has 0 saturated heterocycles. The third-order valence-electron chi connectivity index (χ3n) is 3.25. The smallest absolute Gasteiger partial charge is 0.379 e. The van der Waals surface area contributed by atoms with Crippen molar-refractivity contribution in [2.45, 2.75) is 6.18 Å². The van der Waals surface area contributed by atoms with E-state index >= 15 is 0 Å². The van der Waals surface area contributed by atoms with E-state index in [1.165, 1.54) is 0 Å². The van der Waals surface area contributed by atoms with Crippen LogP contribution in [-0.4, -0.2) is 12.7 Å². The zero-order valence-electron chi connectivity index (χ0n) is 10.5. The van der Waals surface area contributed by atoms with E-state index in [2.05, 4.69) is 11.5 Å². The summed E-state index contributed by atoms with van der Waals surface area (Å²) in [6.07, 6.45) is -0.363. The average molecular weight is 274 g/mol. The minimum absolute atomic E-state index is 0.236. The number of hydrogen-bond acceptors (Lipinski definition) is 1. The molecule has 0 amide bonds. The quantitative estimate of drug-likeness (QED) is 0.826. The van der Waals surface area contributed by atoms with Crippen molar-refractivity contribution in [3.05, 3.63) is 65.9 Å². The van der Waals surface area contributed by atoms with Gasteiger partial charge in [0.25, 0.3) is 0 Å². The summed E-state index contributed by atoms with van der Waals surface area (Å²) in [5, 5.41) is 4.61. The van der Waals surface area contributed by atoms with E-state index in [0.717, 1.165) is 22.4 Å². The molecular weight excluding hydrogens is 263 g/mol. The maximum Gasteiger partial charge on any atom is 0.414 e. The van der Waals surface area contributed by atoms with E-state index in [4.69, 9.17) is 0 Å². The summed E-state index contributed by atoms with van der Waals surface area (Å²) in [6.45, 7) is -0.236.